The number of carbonyl (C=O) groups excluding carboxylic acids is 1. The van der Waals surface area contributed by atoms with Crippen LogP contribution >= 0.6 is 0 Å². The van der Waals surface area contributed by atoms with Crippen LogP contribution in [-0.2, 0) is 21.4 Å². The van der Waals surface area contributed by atoms with Crippen LogP contribution in [0.5, 0.6) is 11.5 Å². The van der Waals surface area contributed by atoms with Crippen molar-refractivity contribution >= 4 is 5.91 Å². The third-order valence-corrected chi connectivity index (χ3v) is 10.7. The third-order valence-electron chi connectivity index (χ3n) is 10.7. The summed E-state index contributed by atoms with van der Waals surface area (Å²) in [6, 6.07) is 3.38. The summed E-state index contributed by atoms with van der Waals surface area (Å²) in [7, 11) is 1.73. The molecule has 9 atom stereocenters. The zero-order valence-electron chi connectivity index (χ0n) is 20.6. The third kappa shape index (κ3) is 2.91. The Kier molecular flexibility index (Phi) is 4.68. The number of hydrogen-bond acceptors (Lipinski definition) is 7. The second-order valence-corrected chi connectivity index (χ2v) is 12.4. The van der Waals surface area contributed by atoms with Gasteiger partial charge in [0.15, 0.2) is 11.5 Å². The van der Waals surface area contributed by atoms with Crippen molar-refractivity contribution in [1.82, 2.24) is 10.2 Å². The molecule has 1 amide bonds. The van der Waals surface area contributed by atoms with Crippen LogP contribution in [0.1, 0.15) is 37.3 Å². The number of nitrogens with one attached hydrogen (secondary N) is 1. The minimum absolute atomic E-state index is 0.180. The maximum Gasteiger partial charge on any atom is 0.239 e. The average molecular weight is 484 g/mol. The van der Waals surface area contributed by atoms with Crippen LogP contribution in [-0.4, -0.2) is 78.7 Å². The van der Waals surface area contributed by atoms with Gasteiger partial charge in [-0.25, -0.2) is 0 Å². The summed E-state index contributed by atoms with van der Waals surface area (Å²) in [5, 5.41) is 23.1. The molecule has 5 unspecified atom stereocenters. The van der Waals surface area contributed by atoms with E-state index in [4.69, 9.17) is 15.2 Å². The number of methoxy groups -OCH3 is 1. The van der Waals surface area contributed by atoms with Crippen molar-refractivity contribution in [3.05, 3.63) is 23.3 Å². The Balaban J connectivity index is 1.27. The summed E-state index contributed by atoms with van der Waals surface area (Å²) in [5.41, 5.74) is 7.74. The SMILES string of the molecule is COC1[C@@H]2Oc3c(O)ccc4c3C23CCN(CC2C5CC52)[C@H](C4)C3C[C@@]1(C)CNC(=O)[C@@H](N)CO. The highest BCUT2D eigenvalue weighted by molar-refractivity contribution is 5.81. The number of hydrogen-bond donors (Lipinski definition) is 4. The van der Waals surface area contributed by atoms with Gasteiger partial charge in [0.2, 0.25) is 5.91 Å². The van der Waals surface area contributed by atoms with Gasteiger partial charge in [0.05, 0.1) is 6.61 Å². The summed E-state index contributed by atoms with van der Waals surface area (Å²) in [6.45, 7) is 4.45. The molecule has 3 saturated carbocycles. The number of aliphatic hydroxyl groups is 1. The molecule has 190 valence electrons. The number of fused-ring (bicyclic) bond motifs is 1. The number of carbonyl (C=O) groups is 1. The molecule has 1 spiro atoms. The molecule has 2 heterocycles. The fraction of sp³-hybridized carbons (Fsp3) is 0.741. The monoisotopic (exact) mass is 483 g/mol. The van der Waals surface area contributed by atoms with Gasteiger partial charge in [0.1, 0.15) is 18.2 Å². The maximum atomic E-state index is 12.5. The van der Waals surface area contributed by atoms with Gasteiger partial charge in [-0.15, -0.1) is 0 Å². The summed E-state index contributed by atoms with van der Waals surface area (Å²) in [6.07, 6.45) is 3.82. The summed E-state index contributed by atoms with van der Waals surface area (Å²) < 4.78 is 12.8. The second-order valence-electron chi connectivity index (χ2n) is 12.4. The van der Waals surface area contributed by atoms with E-state index in [0.29, 0.717) is 24.3 Å². The zero-order valence-corrected chi connectivity index (χ0v) is 20.6. The molecule has 4 fully saturated rings. The molecule has 0 radical (unpaired) electrons. The summed E-state index contributed by atoms with van der Waals surface area (Å²) in [5.74, 6) is 3.71. The van der Waals surface area contributed by atoms with E-state index in [1.54, 1.807) is 13.2 Å². The van der Waals surface area contributed by atoms with E-state index in [-0.39, 0.29) is 41.3 Å². The number of likely N-dealkylation sites (tertiary alicyclic amines) is 1. The minimum atomic E-state index is -0.935. The van der Waals surface area contributed by atoms with Crippen LogP contribution in [0.25, 0.3) is 0 Å². The van der Waals surface area contributed by atoms with E-state index < -0.39 is 6.04 Å². The predicted octanol–water partition coefficient (Wildman–Crippen LogP) is 0.764. The molecule has 7 rings (SSSR count). The normalized spacial score (nSPS) is 44.6. The van der Waals surface area contributed by atoms with Gasteiger partial charge in [-0.2, -0.15) is 0 Å². The van der Waals surface area contributed by atoms with Crippen LogP contribution in [0, 0.1) is 29.1 Å². The van der Waals surface area contributed by atoms with Gasteiger partial charge in [-0.05, 0) is 67.5 Å². The van der Waals surface area contributed by atoms with E-state index in [2.05, 4.69) is 23.2 Å². The topological polar surface area (TPSA) is 117 Å². The van der Waals surface area contributed by atoms with Gasteiger partial charge in [-0.1, -0.05) is 13.0 Å². The van der Waals surface area contributed by atoms with E-state index in [9.17, 15) is 15.0 Å². The van der Waals surface area contributed by atoms with Gasteiger partial charge in [0, 0.05) is 42.6 Å². The van der Waals surface area contributed by atoms with Gasteiger partial charge < -0.3 is 30.7 Å². The zero-order chi connectivity index (χ0) is 24.3. The number of aromatic hydroxyl groups is 1. The lowest BCUT2D eigenvalue weighted by Gasteiger charge is -2.63. The average Bonchev–Trinajstić information content (AvgIpc) is 3.74. The molecule has 1 aromatic carbocycles. The first-order valence-corrected chi connectivity index (χ1v) is 13.3. The number of aliphatic hydroxyl groups excluding tert-OH is 1. The molecule has 0 aromatic heterocycles. The molecule has 2 aliphatic heterocycles. The number of rotatable bonds is 7. The minimum Gasteiger partial charge on any atom is -0.504 e. The number of phenols is 1. The molecule has 4 aliphatic carbocycles. The lowest BCUT2D eigenvalue weighted by molar-refractivity contribution is -0.173. The Bertz CT molecular complexity index is 1070. The Morgan fingerprint density at radius 2 is 2.20 bits per heavy atom. The highest BCUT2D eigenvalue weighted by atomic mass is 16.5. The highest BCUT2D eigenvalue weighted by Gasteiger charge is 2.71. The molecule has 8 nitrogen and oxygen atoms in total. The highest BCUT2D eigenvalue weighted by Crippen LogP contribution is 2.70. The number of benzene rings is 1. The number of phenolic OH excluding ortho intramolecular Hbond substituents is 1. The fourth-order valence-electron chi connectivity index (χ4n) is 8.62. The van der Waals surface area contributed by atoms with Gasteiger partial charge in [0.25, 0.3) is 0 Å². The second kappa shape index (κ2) is 7.34. The summed E-state index contributed by atoms with van der Waals surface area (Å²) >= 11 is 0. The number of piperidine rings is 1. The van der Waals surface area contributed by atoms with Crippen molar-refractivity contribution in [3.63, 3.8) is 0 Å². The number of amides is 1. The molecular formula is C27H37N3O5. The van der Waals surface area contributed by atoms with Crippen molar-refractivity contribution in [2.24, 2.45) is 34.8 Å². The van der Waals surface area contributed by atoms with E-state index >= 15 is 0 Å². The molecule has 1 saturated heterocycles. The van der Waals surface area contributed by atoms with Crippen LogP contribution in [0.3, 0.4) is 0 Å². The molecule has 5 N–H and O–H groups in total. The Morgan fingerprint density at radius 3 is 2.89 bits per heavy atom. The lowest BCUT2D eigenvalue weighted by Crippen LogP contribution is -2.72. The largest absolute Gasteiger partial charge is 0.504 e. The maximum absolute atomic E-state index is 12.5. The Hall–Kier alpha value is -1.87. The van der Waals surface area contributed by atoms with Crippen molar-refractivity contribution in [1.29, 1.82) is 0 Å². The van der Waals surface area contributed by atoms with Gasteiger partial charge in [-0.3, -0.25) is 9.69 Å². The van der Waals surface area contributed by atoms with Crippen molar-refractivity contribution < 1.29 is 24.5 Å². The number of nitrogens with zero attached hydrogens (tertiary/aromatic N) is 1. The van der Waals surface area contributed by atoms with E-state index in [1.807, 2.05) is 0 Å². The van der Waals surface area contributed by atoms with E-state index in [0.717, 1.165) is 43.6 Å². The molecule has 8 heteroatoms. The fourth-order valence-corrected chi connectivity index (χ4v) is 8.62. The number of ether oxygens (including phenoxy) is 2. The van der Waals surface area contributed by atoms with Gasteiger partial charge >= 0.3 is 0 Å². The Labute approximate surface area is 206 Å². The molecule has 2 bridgehead atoms. The van der Waals surface area contributed by atoms with Crippen LogP contribution < -0.4 is 15.8 Å². The molecular weight excluding hydrogens is 446 g/mol. The first-order valence-electron chi connectivity index (χ1n) is 13.3. The molecule has 35 heavy (non-hydrogen) atoms. The first-order chi connectivity index (χ1) is 16.8. The lowest BCUT2D eigenvalue weighted by atomic mass is 9.47. The number of nitrogens with two attached hydrogens (primary N) is 1. The van der Waals surface area contributed by atoms with Crippen molar-refractivity contribution in [3.8, 4) is 11.5 Å². The molecule has 6 aliphatic rings. The van der Waals surface area contributed by atoms with Crippen LogP contribution in [0.2, 0.25) is 0 Å². The summed E-state index contributed by atoms with van der Waals surface area (Å²) in [4.78, 5) is 15.2. The van der Waals surface area contributed by atoms with Crippen LogP contribution in [0.4, 0.5) is 0 Å². The van der Waals surface area contributed by atoms with Crippen molar-refractivity contribution in [2.45, 2.75) is 62.3 Å². The molecule has 1 aromatic rings. The van der Waals surface area contributed by atoms with Crippen molar-refractivity contribution in [2.75, 3.05) is 33.4 Å². The first kappa shape index (κ1) is 22.3. The quantitative estimate of drug-likeness (QED) is 0.452. The smallest absolute Gasteiger partial charge is 0.239 e. The van der Waals surface area contributed by atoms with E-state index in [1.165, 1.54) is 24.1 Å². The standard InChI is InChI=1S/C27H37N3O5/c1-26(12-29-25(33)18(28)11-31)9-17-19-7-13-3-4-20(32)22-21(13)27(17,24(35-22)23(26)34-2)5-6-30(19)10-16-14-8-15(14)16/h3-4,14-19,23-24,31-32H,5-12,28H2,1-2H3,(H,29,33)/t14?,15?,16?,17?,18-,19+,23?,24-,26-,27?/m0/s1. The Morgan fingerprint density at radius 1 is 1.40 bits per heavy atom. The van der Waals surface area contributed by atoms with Crippen LogP contribution in [0.15, 0.2) is 12.1 Å². The predicted molar refractivity (Wildman–Crippen MR) is 128 cm³/mol.